The summed E-state index contributed by atoms with van der Waals surface area (Å²) in [4.78, 5) is 35.5. The molecule has 0 aliphatic heterocycles. The van der Waals surface area contributed by atoms with Gasteiger partial charge in [0.2, 0.25) is 0 Å². The van der Waals surface area contributed by atoms with Gasteiger partial charge < -0.3 is 19.8 Å². The number of halogens is 1. The number of carbonyl (C=O) groups is 3. The molecule has 2 amide bonds. The van der Waals surface area contributed by atoms with Crippen LogP contribution in [0.3, 0.4) is 0 Å². The van der Waals surface area contributed by atoms with Gasteiger partial charge in [0.15, 0.2) is 12.4 Å². The molecule has 8 heteroatoms. The summed E-state index contributed by atoms with van der Waals surface area (Å²) in [6, 6.07) is 7.18. The van der Waals surface area contributed by atoms with Gasteiger partial charge in [-0.2, -0.15) is 0 Å². The Hall–Kier alpha value is -2.80. The van der Waals surface area contributed by atoms with Crippen LogP contribution in [0.5, 0.6) is 0 Å². The van der Waals surface area contributed by atoms with E-state index >= 15 is 0 Å². The van der Waals surface area contributed by atoms with Gasteiger partial charge in [0, 0.05) is 10.7 Å². The lowest BCUT2D eigenvalue weighted by atomic mass is 10.2. The molecule has 0 unspecified atom stereocenters. The number of nitrogens with one attached hydrogen (secondary N) is 2. The lowest BCUT2D eigenvalue weighted by Gasteiger charge is -2.13. The van der Waals surface area contributed by atoms with Crippen molar-refractivity contribution in [2.24, 2.45) is 0 Å². The van der Waals surface area contributed by atoms with Gasteiger partial charge in [-0.1, -0.05) is 17.7 Å². The molecule has 0 fully saturated rings. The first kappa shape index (κ1) is 18.5. The van der Waals surface area contributed by atoms with Crippen molar-refractivity contribution in [3.63, 3.8) is 0 Å². The maximum Gasteiger partial charge on any atom is 0.328 e. The molecule has 1 heterocycles. The highest BCUT2D eigenvalue weighted by atomic mass is 35.5. The number of benzene rings is 1. The van der Waals surface area contributed by atoms with Crippen molar-refractivity contribution in [1.82, 2.24) is 5.32 Å². The third-order valence-corrected chi connectivity index (χ3v) is 3.74. The smallest absolute Gasteiger partial charge is 0.328 e. The SMILES string of the molecule is Cc1c(Cl)cccc1NC(=O)COC(=O)[C@H](C)NC(=O)c1ccco1. The van der Waals surface area contributed by atoms with Gasteiger partial charge >= 0.3 is 5.97 Å². The summed E-state index contributed by atoms with van der Waals surface area (Å²) < 4.78 is 9.82. The Morgan fingerprint density at radius 3 is 2.68 bits per heavy atom. The quantitative estimate of drug-likeness (QED) is 0.767. The molecule has 2 N–H and O–H groups in total. The number of anilines is 1. The second-order valence-corrected chi connectivity index (χ2v) is 5.65. The van der Waals surface area contributed by atoms with Crippen LogP contribution in [0.1, 0.15) is 23.0 Å². The van der Waals surface area contributed by atoms with Crippen molar-refractivity contribution in [2.45, 2.75) is 19.9 Å². The highest BCUT2D eigenvalue weighted by Crippen LogP contribution is 2.22. The Bertz CT molecular complexity index is 773. The Morgan fingerprint density at radius 1 is 1.24 bits per heavy atom. The minimum absolute atomic E-state index is 0.0776. The number of esters is 1. The van der Waals surface area contributed by atoms with Crippen LogP contribution in [-0.4, -0.2) is 30.4 Å². The zero-order valence-corrected chi connectivity index (χ0v) is 14.4. The Kier molecular flexibility index (Phi) is 6.19. The highest BCUT2D eigenvalue weighted by Gasteiger charge is 2.20. The molecule has 2 rings (SSSR count). The maximum absolute atomic E-state index is 11.9. The zero-order chi connectivity index (χ0) is 18.4. The minimum atomic E-state index is -0.932. The van der Waals surface area contributed by atoms with E-state index < -0.39 is 30.4 Å². The molecule has 0 bridgehead atoms. The van der Waals surface area contributed by atoms with Crippen LogP contribution >= 0.6 is 11.6 Å². The van der Waals surface area contributed by atoms with Crippen LogP contribution in [-0.2, 0) is 14.3 Å². The van der Waals surface area contributed by atoms with Crippen molar-refractivity contribution in [3.05, 3.63) is 52.9 Å². The van der Waals surface area contributed by atoms with Gasteiger partial charge in [-0.15, -0.1) is 0 Å². The minimum Gasteiger partial charge on any atom is -0.459 e. The molecule has 132 valence electrons. The van der Waals surface area contributed by atoms with E-state index in [0.29, 0.717) is 16.3 Å². The van der Waals surface area contributed by atoms with E-state index in [-0.39, 0.29) is 5.76 Å². The molecule has 0 aliphatic carbocycles. The second-order valence-electron chi connectivity index (χ2n) is 5.24. The third-order valence-electron chi connectivity index (χ3n) is 3.33. The second kappa shape index (κ2) is 8.34. The molecule has 1 aromatic heterocycles. The van der Waals surface area contributed by atoms with Crippen molar-refractivity contribution < 1.29 is 23.5 Å². The van der Waals surface area contributed by atoms with Crippen molar-refractivity contribution in [2.75, 3.05) is 11.9 Å². The maximum atomic E-state index is 11.9. The number of furan rings is 1. The van der Waals surface area contributed by atoms with Crippen LogP contribution in [0.4, 0.5) is 5.69 Å². The largest absolute Gasteiger partial charge is 0.459 e. The molecule has 0 spiro atoms. The summed E-state index contributed by atoms with van der Waals surface area (Å²) in [6.45, 7) is 2.73. The average Bonchev–Trinajstić information content (AvgIpc) is 3.11. The summed E-state index contributed by atoms with van der Waals surface area (Å²) in [5.41, 5.74) is 1.25. The van der Waals surface area contributed by atoms with E-state index in [9.17, 15) is 14.4 Å². The van der Waals surface area contributed by atoms with E-state index in [2.05, 4.69) is 10.6 Å². The lowest BCUT2D eigenvalue weighted by molar-refractivity contribution is -0.148. The van der Waals surface area contributed by atoms with E-state index in [1.54, 1.807) is 31.2 Å². The van der Waals surface area contributed by atoms with Crippen LogP contribution in [0.2, 0.25) is 5.02 Å². The first-order chi connectivity index (χ1) is 11.9. The predicted octanol–water partition coefficient (Wildman–Crippen LogP) is 2.54. The predicted molar refractivity (Wildman–Crippen MR) is 91.4 cm³/mol. The van der Waals surface area contributed by atoms with E-state index in [4.69, 9.17) is 20.8 Å². The van der Waals surface area contributed by atoms with Gasteiger partial charge in [0.1, 0.15) is 6.04 Å². The van der Waals surface area contributed by atoms with Crippen molar-refractivity contribution in [1.29, 1.82) is 0 Å². The molecular formula is C17H17ClN2O5. The molecular weight excluding hydrogens is 348 g/mol. The zero-order valence-electron chi connectivity index (χ0n) is 13.7. The summed E-state index contributed by atoms with van der Waals surface area (Å²) >= 11 is 5.97. The Balaban J connectivity index is 1.81. The number of rotatable bonds is 6. The fraction of sp³-hybridized carbons (Fsp3) is 0.235. The van der Waals surface area contributed by atoms with Gasteiger partial charge in [-0.3, -0.25) is 9.59 Å². The van der Waals surface area contributed by atoms with Crippen molar-refractivity contribution >= 4 is 35.1 Å². The molecule has 1 aromatic carbocycles. The van der Waals surface area contributed by atoms with Crippen LogP contribution in [0.15, 0.2) is 41.0 Å². The average molecular weight is 365 g/mol. The Morgan fingerprint density at radius 2 is 2.00 bits per heavy atom. The first-order valence-corrected chi connectivity index (χ1v) is 7.82. The monoisotopic (exact) mass is 364 g/mol. The molecule has 25 heavy (non-hydrogen) atoms. The highest BCUT2D eigenvalue weighted by molar-refractivity contribution is 6.31. The number of carbonyl (C=O) groups excluding carboxylic acids is 3. The Labute approximate surface area is 149 Å². The first-order valence-electron chi connectivity index (χ1n) is 7.44. The van der Waals surface area contributed by atoms with Gasteiger partial charge in [-0.25, -0.2) is 4.79 Å². The van der Waals surface area contributed by atoms with Gasteiger partial charge in [-0.05, 0) is 43.7 Å². The molecule has 1 atom stereocenters. The lowest BCUT2D eigenvalue weighted by Crippen LogP contribution is -2.40. The topological polar surface area (TPSA) is 97.6 Å². The van der Waals surface area contributed by atoms with Gasteiger partial charge in [0.25, 0.3) is 11.8 Å². The fourth-order valence-electron chi connectivity index (χ4n) is 1.93. The molecule has 0 radical (unpaired) electrons. The normalized spacial score (nSPS) is 11.5. The van der Waals surface area contributed by atoms with Crippen LogP contribution in [0.25, 0.3) is 0 Å². The third kappa shape index (κ3) is 5.09. The van der Waals surface area contributed by atoms with Crippen LogP contribution < -0.4 is 10.6 Å². The molecule has 0 saturated carbocycles. The molecule has 0 aliphatic rings. The molecule has 0 saturated heterocycles. The number of ether oxygens (including phenoxy) is 1. The summed E-state index contributed by atoms with van der Waals surface area (Å²) in [5.74, 6) is -1.72. The standard InChI is InChI=1S/C17H17ClN2O5/c1-10-12(18)5-3-6-13(10)20-15(21)9-25-17(23)11(2)19-16(22)14-7-4-8-24-14/h3-8,11H,9H2,1-2H3,(H,19,22)(H,20,21)/t11-/m0/s1. The van der Waals surface area contributed by atoms with Crippen LogP contribution in [0, 0.1) is 6.92 Å². The molecule has 2 aromatic rings. The summed E-state index contributed by atoms with van der Waals surface area (Å²) in [5, 5.41) is 5.54. The van der Waals surface area contributed by atoms with E-state index in [1.807, 2.05) is 0 Å². The number of hydrogen-bond donors (Lipinski definition) is 2. The van der Waals surface area contributed by atoms with E-state index in [1.165, 1.54) is 19.3 Å². The fourth-order valence-corrected chi connectivity index (χ4v) is 2.10. The van der Waals surface area contributed by atoms with Crippen molar-refractivity contribution in [3.8, 4) is 0 Å². The summed E-state index contributed by atoms with van der Waals surface area (Å²) in [6.07, 6.45) is 1.35. The summed E-state index contributed by atoms with van der Waals surface area (Å²) in [7, 11) is 0. The van der Waals surface area contributed by atoms with Gasteiger partial charge in [0.05, 0.1) is 6.26 Å². The van der Waals surface area contributed by atoms with E-state index in [0.717, 1.165) is 0 Å². The molecule has 7 nitrogen and oxygen atoms in total. The number of hydrogen-bond acceptors (Lipinski definition) is 5. The number of amides is 2.